The van der Waals surface area contributed by atoms with Crippen LogP contribution in [0.1, 0.15) is 43.9 Å². The Bertz CT molecular complexity index is 1100. The van der Waals surface area contributed by atoms with E-state index in [9.17, 15) is 9.59 Å². The van der Waals surface area contributed by atoms with E-state index < -0.39 is 0 Å². The molecule has 0 spiro atoms. The second kappa shape index (κ2) is 10.7. The number of carbonyl (C=O) groups is 2. The Morgan fingerprint density at radius 3 is 2.58 bits per heavy atom. The molecular formula is C26H34N6O4. The third kappa shape index (κ3) is 5.23. The normalized spacial score (nSPS) is 20.6. The van der Waals surface area contributed by atoms with Crippen molar-refractivity contribution >= 4 is 23.6 Å². The molecule has 1 aromatic heterocycles. The number of aromatic nitrogens is 2. The van der Waals surface area contributed by atoms with E-state index in [-0.39, 0.29) is 24.3 Å². The van der Waals surface area contributed by atoms with Crippen molar-refractivity contribution in [2.24, 2.45) is 0 Å². The minimum atomic E-state index is -0.287. The third-order valence-electron chi connectivity index (χ3n) is 7.00. The molecule has 2 N–H and O–H groups in total. The van der Waals surface area contributed by atoms with Gasteiger partial charge >= 0.3 is 12.1 Å². The Labute approximate surface area is 211 Å². The molecule has 2 aromatic rings. The van der Waals surface area contributed by atoms with Crippen molar-refractivity contribution in [3.8, 4) is 11.4 Å². The van der Waals surface area contributed by atoms with Crippen molar-refractivity contribution in [2.75, 3.05) is 43.5 Å². The lowest BCUT2D eigenvalue weighted by molar-refractivity contribution is 0.0301. The maximum Gasteiger partial charge on any atom is 0.410 e. The maximum atomic E-state index is 12.7. The van der Waals surface area contributed by atoms with Crippen molar-refractivity contribution in [1.29, 1.82) is 0 Å². The number of unbranched alkanes of at least 4 members (excludes halogenated alkanes) is 1. The zero-order chi connectivity index (χ0) is 25.1. The van der Waals surface area contributed by atoms with E-state index in [4.69, 9.17) is 19.4 Å². The van der Waals surface area contributed by atoms with E-state index in [0.29, 0.717) is 37.6 Å². The number of carbonyl (C=O) groups excluding carboxylic acids is 2. The Morgan fingerprint density at radius 1 is 1.14 bits per heavy atom. The monoisotopic (exact) mass is 494 g/mol. The van der Waals surface area contributed by atoms with Gasteiger partial charge in [-0.15, -0.1) is 0 Å². The quantitative estimate of drug-likeness (QED) is 0.591. The van der Waals surface area contributed by atoms with Crippen LogP contribution in [0.3, 0.4) is 0 Å². The largest absolute Gasteiger partial charge is 0.449 e. The van der Waals surface area contributed by atoms with Crippen LogP contribution in [0.5, 0.6) is 0 Å². The summed E-state index contributed by atoms with van der Waals surface area (Å²) in [4.78, 5) is 38.3. The van der Waals surface area contributed by atoms with Crippen LogP contribution in [0.25, 0.3) is 11.4 Å². The van der Waals surface area contributed by atoms with Gasteiger partial charge in [0.2, 0.25) is 0 Å². The number of rotatable bonds is 6. The first kappa shape index (κ1) is 24.3. The van der Waals surface area contributed by atoms with Gasteiger partial charge in [-0.05, 0) is 49.9 Å². The van der Waals surface area contributed by atoms with Crippen molar-refractivity contribution in [3.63, 3.8) is 0 Å². The molecule has 5 rings (SSSR count). The van der Waals surface area contributed by atoms with Crippen LogP contribution in [0, 0.1) is 0 Å². The van der Waals surface area contributed by atoms with Gasteiger partial charge < -0.3 is 29.9 Å². The zero-order valence-electron chi connectivity index (χ0n) is 21.0. The predicted octanol–water partition coefficient (Wildman–Crippen LogP) is 3.56. The van der Waals surface area contributed by atoms with E-state index in [1.807, 2.05) is 24.3 Å². The van der Waals surface area contributed by atoms with E-state index >= 15 is 0 Å². The van der Waals surface area contributed by atoms with Gasteiger partial charge in [-0.2, -0.15) is 0 Å². The molecule has 0 aliphatic carbocycles. The van der Waals surface area contributed by atoms with Crippen LogP contribution in [-0.4, -0.2) is 72.5 Å². The fourth-order valence-corrected chi connectivity index (χ4v) is 5.04. The number of hydrogen-bond acceptors (Lipinski definition) is 7. The molecule has 1 aromatic carbocycles. The Hall–Kier alpha value is -3.40. The predicted molar refractivity (Wildman–Crippen MR) is 136 cm³/mol. The van der Waals surface area contributed by atoms with Gasteiger partial charge in [0.25, 0.3) is 0 Å². The van der Waals surface area contributed by atoms with Crippen LogP contribution < -0.4 is 15.5 Å². The molecule has 2 fully saturated rings. The Balaban J connectivity index is 1.44. The SMILES string of the molecule is CCCCOC(=O)N1CCc2c(nc(-c3ccc(NC(=O)NC)cc3)nc2N2CC3CCC(C2)O3)C1. The molecule has 0 radical (unpaired) electrons. The van der Waals surface area contributed by atoms with Gasteiger partial charge in [-0.25, -0.2) is 19.6 Å². The molecule has 2 unspecified atom stereocenters. The number of benzene rings is 1. The van der Waals surface area contributed by atoms with E-state index in [1.165, 1.54) is 0 Å². The number of urea groups is 1. The van der Waals surface area contributed by atoms with Crippen LogP contribution in [0.2, 0.25) is 0 Å². The summed E-state index contributed by atoms with van der Waals surface area (Å²) >= 11 is 0. The molecule has 0 saturated carbocycles. The highest BCUT2D eigenvalue weighted by atomic mass is 16.6. The summed E-state index contributed by atoms with van der Waals surface area (Å²) in [7, 11) is 1.58. The molecule has 10 nitrogen and oxygen atoms in total. The second-order valence-corrected chi connectivity index (χ2v) is 9.58. The first-order chi connectivity index (χ1) is 17.5. The van der Waals surface area contributed by atoms with E-state index in [1.54, 1.807) is 11.9 Å². The molecule has 192 valence electrons. The van der Waals surface area contributed by atoms with E-state index in [0.717, 1.165) is 61.4 Å². The molecule has 3 amide bonds. The van der Waals surface area contributed by atoms with Crippen LogP contribution >= 0.6 is 0 Å². The Morgan fingerprint density at radius 2 is 1.89 bits per heavy atom. The molecular weight excluding hydrogens is 460 g/mol. The first-order valence-electron chi connectivity index (χ1n) is 12.8. The van der Waals surface area contributed by atoms with Crippen LogP contribution in [0.15, 0.2) is 24.3 Å². The summed E-state index contributed by atoms with van der Waals surface area (Å²) in [6.07, 6.45) is 4.88. The van der Waals surface area contributed by atoms with Crippen molar-refractivity contribution in [2.45, 2.75) is 57.8 Å². The average molecular weight is 495 g/mol. The zero-order valence-corrected chi connectivity index (χ0v) is 21.0. The van der Waals surface area contributed by atoms with Crippen LogP contribution in [-0.2, 0) is 22.4 Å². The van der Waals surface area contributed by atoms with Crippen LogP contribution in [0.4, 0.5) is 21.1 Å². The van der Waals surface area contributed by atoms with Crippen molar-refractivity contribution in [3.05, 3.63) is 35.5 Å². The van der Waals surface area contributed by atoms with Crippen molar-refractivity contribution in [1.82, 2.24) is 20.2 Å². The summed E-state index contributed by atoms with van der Waals surface area (Å²) in [6, 6.07) is 7.19. The number of ether oxygens (including phenoxy) is 2. The number of nitrogens with zero attached hydrogens (tertiary/aromatic N) is 4. The van der Waals surface area contributed by atoms with Crippen molar-refractivity contribution < 1.29 is 19.1 Å². The second-order valence-electron chi connectivity index (χ2n) is 9.58. The number of morpholine rings is 1. The van der Waals surface area contributed by atoms with Gasteiger partial charge in [0.15, 0.2) is 5.82 Å². The van der Waals surface area contributed by atoms with Gasteiger partial charge in [-0.1, -0.05) is 13.3 Å². The molecule has 2 saturated heterocycles. The molecule has 4 heterocycles. The molecule has 10 heteroatoms. The highest BCUT2D eigenvalue weighted by Gasteiger charge is 2.36. The summed E-state index contributed by atoms with van der Waals surface area (Å²) in [5.41, 5.74) is 3.50. The number of fused-ring (bicyclic) bond motifs is 3. The molecule has 2 bridgehead atoms. The minimum absolute atomic E-state index is 0.238. The van der Waals surface area contributed by atoms with Gasteiger partial charge in [0.1, 0.15) is 5.82 Å². The number of anilines is 2. The number of amides is 3. The fourth-order valence-electron chi connectivity index (χ4n) is 5.04. The molecule has 36 heavy (non-hydrogen) atoms. The standard InChI is InChI=1S/C26H34N6O4/c1-3-4-13-35-26(34)31-12-11-21-22(16-31)29-23(17-5-7-18(8-6-17)28-25(33)27-2)30-24(21)32-14-19-9-10-20(15-32)36-19/h5-8,19-20H,3-4,9-16H2,1-2H3,(H2,27,28,33). The fraction of sp³-hybridized carbons (Fsp3) is 0.538. The lowest BCUT2D eigenvalue weighted by atomic mass is 10.0. The minimum Gasteiger partial charge on any atom is -0.449 e. The maximum absolute atomic E-state index is 12.7. The highest BCUT2D eigenvalue weighted by molar-refractivity contribution is 5.89. The van der Waals surface area contributed by atoms with Gasteiger partial charge in [-0.3, -0.25) is 0 Å². The molecule has 3 aliphatic heterocycles. The summed E-state index contributed by atoms with van der Waals surface area (Å²) in [6.45, 7) is 5.13. The average Bonchev–Trinajstić information content (AvgIpc) is 3.25. The summed E-state index contributed by atoms with van der Waals surface area (Å²) < 4.78 is 11.5. The summed E-state index contributed by atoms with van der Waals surface area (Å²) in [5, 5.41) is 5.31. The molecule has 2 atom stereocenters. The smallest absolute Gasteiger partial charge is 0.410 e. The topological polar surface area (TPSA) is 109 Å². The first-order valence-corrected chi connectivity index (χ1v) is 12.8. The van der Waals surface area contributed by atoms with Gasteiger partial charge in [0, 0.05) is 43.5 Å². The number of nitrogens with one attached hydrogen (secondary N) is 2. The Kier molecular flexibility index (Phi) is 7.22. The highest BCUT2D eigenvalue weighted by Crippen LogP contribution is 2.34. The van der Waals surface area contributed by atoms with E-state index in [2.05, 4.69) is 22.5 Å². The van der Waals surface area contributed by atoms with Gasteiger partial charge in [0.05, 0.1) is 31.1 Å². The summed E-state index contributed by atoms with van der Waals surface area (Å²) in [5.74, 6) is 1.55. The lowest BCUT2D eigenvalue weighted by Gasteiger charge is -2.36. The molecule has 3 aliphatic rings. The number of hydrogen-bond donors (Lipinski definition) is 2. The third-order valence-corrected chi connectivity index (χ3v) is 7.00. The lowest BCUT2D eigenvalue weighted by Crippen LogP contribution is -2.44.